The Morgan fingerprint density at radius 3 is 2.22 bits per heavy atom. The first-order chi connectivity index (χ1) is 11.1. The van der Waals surface area contributed by atoms with Gasteiger partial charge in [-0.3, -0.25) is 0 Å². The fraction of sp³-hybridized carbons (Fsp3) is 0.182. The Hall–Kier alpha value is -2.54. The SMILES string of the molecule is Cc1cc2c(cc1Nc1ccccc1)-c1ccccc1C2(C)C. The van der Waals surface area contributed by atoms with E-state index in [1.807, 2.05) is 6.07 Å². The van der Waals surface area contributed by atoms with Gasteiger partial charge >= 0.3 is 0 Å². The summed E-state index contributed by atoms with van der Waals surface area (Å²) in [6.07, 6.45) is 0. The van der Waals surface area contributed by atoms with Crippen LogP contribution in [0.5, 0.6) is 0 Å². The molecule has 1 aliphatic carbocycles. The smallest absolute Gasteiger partial charge is 0.0420 e. The normalized spacial score (nSPS) is 14.2. The maximum absolute atomic E-state index is 3.56. The van der Waals surface area contributed by atoms with Gasteiger partial charge in [0.1, 0.15) is 0 Å². The second kappa shape index (κ2) is 4.99. The van der Waals surface area contributed by atoms with Gasteiger partial charge in [0.2, 0.25) is 0 Å². The van der Waals surface area contributed by atoms with Gasteiger partial charge in [-0.05, 0) is 52.9 Å². The lowest BCUT2D eigenvalue weighted by molar-refractivity contribution is 0.660. The summed E-state index contributed by atoms with van der Waals surface area (Å²) in [5.41, 5.74) is 9.23. The lowest BCUT2D eigenvalue weighted by Gasteiger charge is -2.22. The van der Waals surface area contributed by atoms with E-state index in [4.69, 9.17) is 0 Å². The third-order valence-electron chi connectivity index (χ3n) is 4.98. The summed E-state index contributed by atoms with van der Waals surface area (Å²) < 4.78 is 0. The number of aryl methyl sites for hydroxylation is 1. The van der Waals surface area contributed by atoms with Crippen LogP contribution < -0.4 is 5.32 Å². The molecule has 0 unspecified atom stereocenters. The summed E-state index contributed by atoms with van der Waals surface area (Å²) in [4.78, 5) is 0. The molecule has 3 aromatic carbocycles. The molecular weight excluding hydrogens is 278 g/mol. The third kappa shape index (κ3) is 2.16. The topological polar surface area (TPSA) is 12.0 Å². The highest BCUT2D eigenvalue weighted by atomic mass is 14.9. The van der Waals surface area contributed by atoms with E-state index in [1.165, 1.54) is 33.5 Å². The van der Waals surface area contributed by atoms with Crippen molar-refractivity contribution >= 4 is 11.4 Å². The summed E-state index contributed by atoms with van der Waals surface area (Å²) in [7, 11) is 0. The fourth-order valence-electron chi connectivity index (χ4n) is 3.67. The molecule has 3 aromatic rings. The van der Waals surface area contributed by atoms with Crippen LogP contribution in [0.1, 0.15) is 30.5 Å². The van der Waals surface area contributed by atoms with Crippen molar-refractivity contribution in [1.29, 1.82) is 0 Å². The van der Waals surface area contributed by atoms with Crippen molar-refractivity contribution in [3.63, 3.8) is 0 Å². The number of anilines is 2. The summed E-state index contributed by atoms with van der Waals surface area (Å²) >= 11 is 0. The molecule has 0 aliphatic heterocycles. The highest BCUT2D eigenvalue weighted by Crippen LogP contribution is 2.50. The standard InChI is InChI=1S/C22H21N/c1-15-13-20-18(14-21(15)23-16-9-5-4-6-10-16)17-11-7-8-12-19(17)22(20,2)3/h4-14,23H,1-3H3. The molecular formula is C22H21N. The summed E-state index contributed by atoms with van der Waals surface area (Å²) in [5.74, 6) is 0. The van der Waals surface area contributed by atoms with Gasteiger partial charge in [0, 0.05) is 16.8 Å². The van der Waals surface area contributed by atoms with Gasteiger partial charge in [-0.25, -0.2) is 0 Å². The molecule has 0 bridgehead atoms. The highest BCUT2D eigenvalue weighted by Gasteiger charge is 2.35. The summed E-state index contributed by atoms with van der Waals surface area (Å²) in [6, 6.07) is 23.8. The van der Waals surface area contributed by atoms with Crippen molar-refractivity contribution < 1.29 is 0 Å². The van der Waals surface area contributed by atoms with Crippen LogP contribution in [0.15, 0.2) is 66.7 Å². The molecule has 4 rings (SSSR count). The maximum Gasteiger partial charge on any atom is 0.0420 e. The molecule has 23 heavy (non-hydrogen) atoms. The van der Waals surface area contributed by atoms with E-state index in [0.29, 0.717) is 0 Å². The van der Waals surface area contributed by atoms with Crippen LogP contribution in [-0.4, -0.2) is 0 Å². The predicted octanol–water partition coefficient (Wildman–Crippen LogP) is 6.04. The zero-order valence-electron chi connectivity index (χ0n) is 13.9. The van der Waals surface area contributed by atoms with Crippen molar-refractivity contribution in [3.05, 3.63) is 83.4 Å². The molecule has 1 heteroatoms. The number of nitrogens with one attached hydrogen (secondary N) is 1. The van der Waals surface area contributed by atoms with E-state index in [-0.39, 0.29) is 5.41 Å². The first-order valence-electron chi connectivity index (χ1n) is 8.14. The second-order valence-corrected chi connectivity index (χ2v) is 6.87. The minimum absolute atomic E-state index is 0.0714. The summed E-state index contributed by atoms with van der Waals surface area (Å²) in [6.45, 7) is 6.83. The Balaban J connectivity index is 1.86. The monoisotopic (exact) mass is 299 g/mol. The molecule has 0 fully saturated rings. The maximum atomic E-state index is 3.56. The highest BCUT2D eigenvalue weighted by molar-refractivity contribution is 5.84. The Morgan fingerprint density at radius 1 is 0.739 bits per heavy atom. The van der Waals surface area contributed by atoms with E-state index < -0.39 is 0 Å². The van der Waals surface area contributed by atoms with Crippen molar-refractivity contribution in [2.24, 2.45) is 0 Å². The first-order valence-corrected chi connectivity index (χ1v) is 8.14. The molecule has 114 valence electrons. The lowest BCUT2D eigenvalue weighted by atomic mass is 9.82. The number of benzene rings is 3. The van der Waals surface area contributed by atoms with Gasteiger partial charge in [-0.2, -0.15) is 0 Å². The van der Waals surface area contributed by atoms with Crippen LogP contribution in [-0.2, 0) is 5.41 Å². The molecule has 1 N–H and O–H groups in total. The number of hydrogen-bond acceptors (Lipinski definition) is 1. The quantitative estimate of drug-likeness (QED) is 0.608. The number of fused-ring (bicyclic) bond motifs is 3. The minimum atomic E-state index is 0.0714. The van der Waals surface area contributed by atoms with Crippen LogP contribution in [0.3, 0.4) is 0 Å². The first kappa shape index (κ1) is 14.1. The molecule has 0 aromatic heterocycles. The summed E-state index contributed by atoms with van der Waals surface area (Å²) in [5, 5.41) is 3.56. The molecule has 0 amide bonds. The Labute approximate surface area is 138 Å². The number of para-hydroxylation sites is 1. The largest absolute Gasteiger partial charge is 0.355 e. The van der Waals surface area contributed by atoms with E-state index in [9.17, 15) is 0 Å². The molecule has 1 nitrogen and oxygen atoms in total. The van der Waals surface area contributed by atoms with Crippen molar-refractivity contribution in [2.75, 3.05) is 5.32 Å². The number of rotatable bonds is 2. The Bertz CT molecular complexity index is 876. The van der Waals surface area contributed by atoms with E-state index >= 15 is 0 Å². The third-order valence-corrected chi connectivity index (χ3v) is 4.98. The zero-order valence-corrected chi connectivity index (χ0v) is 13.9. The molecule has 0 spiro atoms. The van der Waals surface area contributed by atoms with Gasteiger partial charge in [0.05, 0.1) is 0 Å². The van der Waals surface area contributed by atoms with Crippen molar-refractivity contribution in [2.45, 2.75) is 26.2 Å². The number of hydrogen-bond donors (Lipinski definition) is 1. The molecule has 0 saturated carbocycles. The van der Waals surface area contributed by atoms with Crippen LogP contribution in [0.25, 0.3) is 11.1 Å². The average Bonchev–Trinajstić information content (AvgIpc) is 2.77. The van der Waals surface area contributed by atoms with E-state index in [1.54, 1.807) is 0 Å². The van der Waals surface area contributed by atoms with Gasteiger partial charge in [0.25, 0.3) is 0 Å². The Morgan fingerprint density at radius 2 is 1.43 bits per heavy atom. The van der Waals surface area contributed by atoms with Crippen molar-refractivity contribution in [1.82, 2.24) is 0 Å². The van der Waals surface area contributed by atoms with Crippen LogP contribution in [0.2, 0.25) is 0 Å². The van der Waals surface area contributed by atoms with Crippen LogP contribution in [0.4, 0.5) is 11.4 Å². The Kier molecular flexibility index (Phi) is 3.05. The van der Waals surface area contributed by atoms with E-state index in [2.05, 4.69) is 86.8 Å². The molecule has 0 saturated heterocycles. The minimum Gasteiger partial charge on any atom is -0.355 e. The molecule has 0 radical (unpaired) electrons. The van der Waals surface area contributed by atoms with E-state index in [0.717, 1.165) is 5.69 Å². The van der Waals surface area contributed by atoms with Crippen LogP contribution in [0, 0.1) is 6.92 Å². The average molecular weight is 299 g/mol. The van der Waals surface area contributed by atoms with Crippen LogP contribution >= 0.6 is 0 Å². The lowest BCUT2D eigenvalue weighted by Crippen LogP contribution is -2.15. The molecule has 0 atom stereocenters. The second-order valence-electron chi connectivity index (χ2n) is 6.87. The molecule has 1 aliphatic rings. The fourth-order valence-corrected chi connectivity index (χ4v) is 3.67. The molecule has 0 heterocycles. The zero-order chi connectivity index (χ0) is 16.0. The predicted molar refractivity (Wildman–Crippen MR) is 98.5 cm³/mol. The van der Waals surface area contributed by atoms with Crippen molar-refractivity contribution in [3.8, 4) is 11.1 Å². The van der Waals surface area contributed by atoms with Gasteiger partial charge < -0.3 is 5.32 Å². The van der Waals surface area contributed by atoms with Gasteiger partial charge in [-0.1, -0.05) is 62.4 Å². The van der Waals surface area contributed by atoms with Gasteiger partial charge in [-0.15, -0.1) is 0 Å². The van der Waals surface area contributed by atoms with Gasteiger partial charge in [0.15, 0.2) is 0 Å².